The van der Waals surface area contributed by atoms with E-state index in [9.17, 15) is 9.59 Å². The number of fused-ring (bicyclic) bond motifs is 1. The van der Waals surface area contributed by atoms with Crippen molar-refractivity contribution in [3.63, 3.8) is 0 Å². The second-order valence-electron chi connectivity index (χ2n) is 5.22. The topological polar surface area (TPSA) is 97.7 Å². The number of anilines is 1. The van der Waals surface area contributed by atoms with Gasteiger partial charge >= 0.3 is 0 Å². The molecule has 25 heavy (non-hydrogen) atoms. The number of rotatable bonds is 4. The van der Waals surface area contributed by atoms with Crippen molar-refractivity contribution in [3.05, 3.63) is 51.0 Å². The van der Waals surface area contributed by atoms with Crippen molar-refractivity contribution >= 4 is 28.8 Å². The molecule has 0 saturated carbocycles. The van der Waals surface area contributed by atoms with Crippen molar-refractivity contribution in [2.24, 2.45) is 0 Å². The number of aromatic amines is 1. The van der Waals surface area contributed by atoms with Crippen LogP contribution in [0.3, 0.4) is 0 Å². The van der Waals surface area contributed by atoms with Crippen LogP contribution in [0.4, 0.5) is 5.69 Å². The predicted molar refractivity (Wildman–Crippen MR) is 93.1 cm³/mol. The van der Waals surface area contributed by atoms with Gasteiger partial charge < -0.3 is 14.8 Å². The first-order valence-electron chi connectivity index (χ1n) is 7.25. The Labute approximate surface area is 147 Å². The van der Waals surface area contributed by atoms with Gasteiger partial charge in [0.15, 0.2) is 5.65 Å². The highest BCUT2D eigenvalue weighted by atomic mass is 35.5. The number of hydrogen-bond donors (Lipinski definition) is 2. The number of H-pyrrole nitrogens is 1. The molecule has 8 nitrogen and oxygen atoms in total. The number of nitrogens with one attached hydrogen (secondary N) is 2. The number of nitrogens with zero attached hydrogens (tertiary/aromatic N) is 2. The van der Waals surface area contributed by atoms with E-state index in [1.54, 1.807) is 13.0 Å². The summed E-state index contributed by atoms with van der Waals surface area (Å²) in [7, 11) is 2.95. The van der Waals surface area contributed by atoms with Crippen LogP contribution in [0.1, 0.15) is 16.1 Å². The third kappa shape index (κ3) is 3.03. The van der Waals surface area contributed by atoms with Crippen LogP contribution in [0.25, 0.3) is 5.65 Å². The van der Waals surface area contributed by atoms with Crippen LogP contribution in [-0.4, -0.2) is 34.7 Å². The average Bonchev–Trinajstić information content (AvgIpc) is 2.99. The number of amides is 1. The van der Waals surface area contributed by atoms with Crippen LogP contribution in [-0.2, 0) is 0 Å². The molecule has 0 bridgehead atoms. The second-order valence-corrected chi connectivity index (χ2v) is 5.63. The van der Waals surface area contributed by atoms with Gasteiger partial charge in [0.1, 0.15) is 17.1 Å². The van der Waals surface area contributed by atoms with Crippen LogP contribution in [0.5, 0.6) is 11.5 Å². The van der Waals surface area contributed by atoms with Crippen LogP contribution in [0.2, 0.25) is 5.02 Å². The zero-order valence-corrected chi connectivity index (χ0v) is 14.5. The maximum Gasteiger partial charge on any atom is 0.272 e. The van der Waals surface area contributed by atoms with Crippen molar-refractivity contribution in [2.45, 2.75) is 6.92 Å². The third-order valence-corrected chi connectivity index (χ3v) is 3.89. The summed E-state index contributed by atoms with van der Waals surface area (Å²) in [4.78, 5) is 28.8. The minimum atomic E-state index is -0.462. The number of carbonyl (C=O) groups excluding carboxylic acids is 1. The lowest BCUT2D eigenvalue weighted by Gasteiger charge is -2.12. The molecule has 0 fully saturated rings. The Kier molecular flexibility index (Phi) is 4.37. The van der Waals surface area contributed by atoms with E-state index in [2.05, 4.69) is 15.4 Å². The first-order chi connectivity index (χ1) is 11.9. The van der Waals surface area contributed by atoms with Gasteiger partial charge in [-0.05, 0) is 13.0 Å². The zero-order chi connectivity index (χ0) is 18.1. The van der Waals surface area contributed by atoms with Crippen molar-refractivity contribution in [2.75, 3.05) is 19.5 Å². The molecule has 3 aromatic rings. The smallest absolute Gasteiger partial charge is 0.272 e. The van der Waals surface area contributed by atoms with Gasteiger partial charge in [0.25, 0.3) is 11.5 Å². The zero-order valence-electron chi connectivity index (χ0n) is 13.7. The van der Waals surface area contributed by atoms with Gasteiger partial charge in [0, 0.05) is 24.0 Å². The molecule has 9 heteroatoms. The lowest BCUT2D eigenvalue weighted by atomic mass is 10.2. The summed E-state index contributed by atoms with van der Waals surface area (Å²) in [6, 6.07) is 4.47. The fraction of sp³-hybridized carbons (Fsp3) is 0.188. The minimum Gasteiger partial charge on any atom is -0.495 e. The largest absolute Gasteiger partial charge is 0.495 e. The molecular formula is C16H15ClN4O4. The lowest BCUT2D eigenvalue weighted by Crippen LogP contribution is -2.17. The summed E-state index contributed by atoms with van der Waals surface area (Å²) in [5, 5.41) is 5.74. The molecule has 0 saturated heterocycles. The monoisotopic (exact) mass is 362 g/mol. The second kappa shape index (κ2) is 6.48. The molecule has 2 N–H and O–H groups in total. The van der Waals surface area contributed by atoms with Crippen molar-refractivity contribution in [1.29, 1.82) is 0 Å². The summed E-state index contributed by atoms with van der Waals surface area (Å²) < 4.78 is 11.6. The van der Waals surface area contributed by atoms with E-state index in [-0.39, 0.29) is 16.8 Å². The fourth-order valence-electron chi connectivity index (χ4n) is 2.41. The molecule has 0 spiro atoms. The highest BCUT2D eigenvalue weighted by Gasteiger charge is 2.18. The van der Waals surface area contributed by atoms with Crippen LogP contribution in [0.15, 0.2) is 29.2 Å². The SMILES string of the molecule is COc1cc(OC)c(NC(=O)c2c[nH]n3c(=O)cc(C)nc23)cc1Cl. The van der Waals surface area contributed by atoms with Gasteiger partial charge in [0.2, 0.25) is 0 Å². The van der Waals surface area contributed by atoms with E-state index in [4.69, 9.17) is 21.1 Å². The Bertz CT molecular complexity index is 1020. The molecule has 0 aliphatic carbocycles. The van der Waals surface area contributed by atoms with Gasteiger partial charge in [0.05, 0.1) is 24.9 Å². The molecule has 1 amide bonds. The average molecular weight is 363 g/mol. The summed E-state index contributed by atoms with van der Waals surface area (Å²) in [6.07, 6.45) is 1.41. The quantitative estimate of drug-likeness (QED) is 0.741. The first kappa shape index (κ1) is 16.8. The number of aryl methyl sites for hydroxylation is 1. The van der Waals surface area contributed by atoms with E-state index >= 15 is 0 Å². The number of ether oxygens (including phenoxy) is 2. The molecule has 0 aliphatic rings. The first-order valence-corrected chi connectivity index (χ1v) is 7.63. The number of aromatic nitrogens is 3. The number of hydrogen-bond acceptors (Lipinski definition) is 5. The third-order valence-electron chi connectivity index (χ3n) is 3.59. The molecule has 0 atom stereocenters. The van der Waals surface area contributed by atoms with Gasteiger partial charge in [-0.2, -0.15) is 0 Å². The Balaban J connectivity index is 2.01. The minimum absolute atomic E-state index is 0.217. The van der Waals surface area contributed by atoms with Gasteiger partial charge in [-0.25, -0.2) is 9.50 Å². The molecule has 0 unspecified atom stereocenters. The normalized spacial score (nSPS) is 10.7. The standard InChI is InChI=1S/C16H15ClN4O4/c1-8-4-14(22)21-15(19-8)9(7-18-21)16(23)20-11-5-10(17)12(24-2)6-13(11)25-3/h4-7,18H,1-3H3,(H,20,23). The predicted octanol–water partition coefficient (Wildman–Crippen LogP) is 2.25. The van der Waals surface area contributed by atoms with E-state index in [1.807, 2.05) is 0 Å². The number of benzene rings is 1. The fourth-order valence-corrected chi connectivity index (χ4v) is 2.65. The van der Waals surface area contributed by atoms with Gasteiger partial charge in [-0.1, -0.05) is 11.6 Å². The molecule has 0 radical (unpaired) electrons. The van der Waals surface area contributed by atoms with Gasteiger partial charge in [-0.3, -0.25) is 14.7 Å². The van der Waals surface area contributed by atoms with Crippen LogP contribution < -0.4 is 20.3 Å². The summed E-state index contributed by atoms with van der Waals surface area (Å²) in [5.74, 6) is 0.346. The number of halogens is 1. The van der Waals surface area contributed by atoms with Crippen molar-refractivity contribution in [1.82, 2.24) is 14.6 Å². The van der Waals surface area contributed by atoms with Crippen molar-refractivity contribution < 1.29 is 14.3 Å². The number of methoxy groups -OCH3 is 2. The van der Waals surface area contributed by atoms with E-state index in [0.29, 0.717) is 27.9 Å². The summed E-state index contributed by atoms with van der Waals surface area (Å²) in [6.45, 7) is 1.68. The maximum atomic E-state index is 12.6. The van der Waals surface area contributed by atoms with E-state index in [0.717, 1.165) is 0 Å². The lowest BCUT2D eigenvalue weighted by molar-refractivity contribution is 0.102. The van der Waals surface area contributed by atoms with E-state index in [1.165, 1.54) is 37.1 Å². The molecular weight excluding hydrogens is 348 g/mol. The summed E-state index contributed by atoms with van der Waals surface area (Å²) in [5.41, 5.74) is 1.04. The van der Waals surface area contributed by atoms with Crippen LogP contribution >= 0.6 is 11.6 Å². The molecule has 1 aromatic carbocycles. The van der Waals surface area contributed by atoms with Gasteiger partial charge in [-0.15, -0.1) is 0 Å². The molecule has 130 valence electrons. The number of carbonyl (C=O) groups is 1. The highest BCUT2D eigenvalue weighted by Crippen LogP contribution is 2.36. The Morgan fingerprint density at radius 3 is 2.64 bits per heavy atom. The van der Waals surface area contributed by atoms with Crippen molar-refractivity contribution in [3.8, 4) is 11.5 Å². The molecule has 2 aromatic heterocycles. The van der Waals surface area contributed by atoms with Crippen LogP contribution in [0, 0.1) is 6.92 Å². The molecule has 2 heterocycles. The summed E-state index contributed by atoms with van der Waals surface area (Å²) >= 11 is 6.11. The maximum absolute atomic E-state index is 12.6. The molecule has 0 aliphatic heterocycles. The Hall–Kier alpha value is -3.00. The highest BCUT2D eigenvalue weighted by molar-refractivity contribution is 6.32. The van der Waals surface area contributed by atoms with E-state index < -0.39 is 5.91 Å². The molecule has 3 rings (SSSR count). The Morgan fingerprint density at radius 2 is 1.96 bits per heavy atom. The Morgan fingerprint density at radius 1 is 1.24 bits per heavy atom.